The quantitative estimate of drug-likeness (QED) is 0.420. The average molecular weight is 506 g/mol. The van der Waals surface area contributed by atoms with Crippen molar-refractivity contribution >= 4 is 46.5 Å². The van der Waals surface area contributed by atoms with Gasteiger partial charge in [-0.05, 0) is 88.3 Å². The Morgan fingerprint density at radius 1 is 0.917 bits per heavy atom. The van der Waals surface area contributed by atoms with Crippen molar-refractivity contribution in [3.8, 4) is 0 Å². The molecular weight excluding hydrogens is 478 g/mol. The lowest BCUT2D eigenvalue weighted by molar-refractivity contribution is -0.120. The highest BCUT2D eigenvalue weighted by atomic mass is 35.5. The summed E-state index contributed by atoms with van der Waals surface area (Å²) in [4.78, 5) is 44.6. The highest BCUT2D eigenvalue weighted by Gasteiger charge is 2.24. The smallest absolute Gasteiger partial charge is 0.258 e. The number of nitrogens with one attached hydrogen (secondary N) is 3. The third-order valence-corrected chi connectivity index (χ3v) is 6.34. The van der Waals surface area contributed by atoms with Crippen molar-refractivity contribution in [2.45, 2.75) is 32.7 Å². The van der Waals surface area contributed by atoms with E-state index in [1.165, 1.54) is 6.20 Å². The standard InChI is InChI=1S/C27H28ClN5O3/c1-17-5-11-23(22(15-17)27(36)32-24-12-8-20(28)16-29-24)31-26(35)19-6-9-21(10-7-19)30-25(34)18(2)33-13-3-4-14-33/h5-12,15-16,18H,3-4,13-14H2,1-2H3,(H,30,34)(H,31,35)(H,29,32,36). The number of hydrogen-bond acceptors (Lipinski definition) is 5. The van der Waals surface area contributed by atoms with E-state index >= 15 is 0 Å². The van der Waals surface area contributed by atoms with E-state index in [2.05, 4.69) is 25.8 Å². The van der Waals surface area contributed by atoms with Gasteiger partial charge in [-0.3, -0.25) is 19.3 Å². The second-order valence-electron chi connectivity index (χ2n) is 8.80. The molecule has 0 aliphatic carbocycles. The molecule has 1 aliphatic heterocycles. The van der Waals surface area contributed by atoms with E-state index in [-0.39, 0.29) is 17.9 Å². The minimum Gasteiger partial charge on any atom is -0.325 e. The summed E-state index contributed by atoms with van der Waals surface area (Å²) in [6.45, 7) is 5.63. The summed E-state index contributed by atoms with van der Waals surface area (Å²) in [5.74, 6) is -0.505. The van der Waals surface area contributed by atoms with Crippen LogP contribution in [0.5, 0.6) is 0 Å². The Bertz CT molecular complexity index is 1260. The topological polar surface area (TPSA) is 103 Å². The fourth-order valence-corrected chi connectivity index (χ4v) is 4.14. The molecule has 0 radical (unpaired) electrons. The molecular formula is C27H28ClN5O3. The number of pyridine rings is 1. The molecule has 0 spiro atoms. The summed E-state index contributed by atoms with van der Waals surface area (Å²) >= 11 is 5.86. The van der Waals surface area contributed by atoms with Crippen molar-refractivity contribution in [3.63, 3.8) is 0 Å². The maximum Gasteiger partial charge on any atom is 0.258 e. The Morgan fingerprint density at radius 2 is 1.64 bits per heavy atom. The molecule has 1 atom stereocenters. The summed E-state index contributed by atoms with van der Waals surface area (Å²) in [6.07, 6.45) is 3.67. The summed E-state index contributed by atoms with van der Waals surface area (Å²) < 4.78 is 0. The van der Waals surface area contributed by atoms with Gasteiger partial charge in [0.2, 0.25) is 5.91 Å². The molecule has 4 rings (SSSR count). The third-order valence-electron chi connectivity index (χ3n) is 6.12. The second kappa shape index (κ2) is 11.3. The number of aromatic nitrogens is 1. The van der Waals surface area contributed by atoms with E-state index in [9.17, 15) is 14.4 Å². The molecule has 3 aromatic rings. The van der Waals surface area contributed by atoms with Crippen molar-refractivity contribution in [2.75, 3.05) is 29.0 Å². The fourth-order valence-electron chi connectivity index (χ4n) is 4.03. The number of aryl methyl sites for hydroxylation is 1. The molecule has 3 amide bonds. The van der Waals surface area contributed by atoms with Gasteiger partial charge in [0.25, 0.3) is 11.8 Å². The lowest BCUT2D eigenvalue weighted by atomic mass is 10.1. The van der Waals surface area contributed by atoms with E-state index in [1.807, 2.05) is 19.9 Å². The van der Waals surface area contributed by atoms with Crippen LogP contribution in [0.3, 0.4) is 0 Å². The minimum absolute atomic E-state index is 0.0698. The number of carbonyl (C=O) groups is 3. The van der Waals surface area contributed by atoms with E-state index in [4.69, 9.17) is 11.6 Å². The van der Waals surface area contributed by atoms with Gasteiger partial charge in [-0.15, -0.1) is 0 Å². The number of hydrogen-bond donors (Lipinski definition) is 3. The molecule has 8 nitrogen and oxygen atoms in total. The molecule has 1 fully saturated rings. The van der Waals surface area contributed by atoms with Gasteiger partial charge in [-0.25, -0.2) is 4.98 Å². The van der Waals surface area contributed by atoms with Crippen LogP contribution < -0.4 is 16.0 Å². The number of amides is 3. The van der Waals surface area contributed by atoms with Crippen molar-refractivity contribution in [2.24, 2.45) is 0 Å². The average Bonchev–Trinajstić information content (AvgIpc) is 3.41. The summed E-state index contributed by atoms with van der Waals surface area (Å²) in [7, 11) is 0. The van der Waals surface area contributed by atoms with Gasteiger partial charge in [0.15, 0.2) is 0 Å². The van der Waals surface area contributed by atoms with E-state index in [0.29, 0.717) is 33.3 Å². The molecule has 0 bridgehead atoms. The molecule has 2 heterocycles. The van der Waals surface area contributed by atoms with Gasteiger partial charge in [-0.2, -0.15) is 0 Å². The number of nitrogens with zero attached hydrogens (tertiary/aromatic N) is 2. The lowest BCUT2D eigenvalue weighted by Gasteiger charge is -2.22. The van der Waals surface area contributed by atoms with Crippen LogP contribution in [0.1, 0.15) is 46.0 Å². The SMILES string of the molecule is Cc1ccc(NC(=O)c2ccc(NC(=O)C(C)N3CCCC3)cc2)c(C(=O)Nc2ccc(Cl)cn2)c1. The van der Waals surface area contributed by atoms with Gasteiger partial charge >= 0.3 is 0 Å². The van der Waals surface area contributed by atoms with Crippen LogP contribution in [0.4, 0.5) is 17.2 Å². The van der Waals surface area contributed by atoms with Crippen LogP contribution in [0, 0.1) is 6.92 Å². The maximum atomic E-state index is 12.9. The second-order valence-corrected chi connectivity index (χ2v) is 9.24. The molecule has 2 aromatic carbocycles. The van der Waals surface area contributed by atoms with Gasteiger partial charge in [0.1, 0.15) is 5.82 Å². The molecule has 3 N–H and O–H groups in total. The first-order valence-electron chi connectivity index (χ1n) is 11.8. The first kappa shape index (κ1) is 25.3. The number of anilines is 3. The summed E-state index contributed by atoms with van der Waals surface area (Å²) in [5, 5.41) is 8.90. The van der Waals surface area contributed by atoms with Crippen LogP contribution in [0.2, 0.25) is 5.02 Å². The molecule has 36 heavy (non-hydrogen) atoms. The van der Waals surface area contributed by atoms with Crippen molar-refractivity contribution in [1.29, 1.82) is 0 Å². The predicted molar refractivity (Wildman–Crippen MR) is 142 cm³/mol. The van der Waals surface area contributed by atoms with Gasteiger partial charge in [0, 0.05) is 17.4 Å². The molecule has 1 unspecified atom stereocenters. The number of rotatable bonds is 7. The predicted octanol–water partition coefficient (Wildman–Crippen LogP) is 4.97. The van der Waals surface area contributed by atoms with Gasteiger partial charge in [0.05, 0.1) is 22.3 Å². The van der Waals surface area contributed by atoms with Crippen LogP contribution >= 0.6 is 11.6 Å². The molecule has 186 valence electrons. The van der Waals surface area contributed by atoms with Crippen LogP contribution in [-0.4, -0.2) is 46.7 Å². The number of carbonyl (C=O) groups excluding carboxylic acids is 3. The monoisotopic (exact) mass is 505 g/mol. The van der Waals surface area contributed by atoms with Crippen molar-refractivity contribution < 1.29 is 14.4 Å². The molecule has 9 heteroatoms. The first-order valence-corrected chi connectivity index (χ1v) is 12.2. The van der Waals surface area contributed by atoms with Crippen molar-refractivity contribution in [3.05, 3.63) is 82.5 Å². The molecule has 1 saturated heterocycles. The Balaban J connectivity index is 1.42. The molecule has 1 aromatic heterocycles. The fraction of sp³-hybridized carbons (Fsp3) is 0.259. The Morgan fingerprint density at radius 3 is 2.31 bits per heavy atom. The minimum atomic E-state index is -0.408. The van der Waals surface area contributed by atoms with Gasteiger partial charge in [-0.1, -0.05) is 23.2 Å². The largest absolute Gasteiger partial charge is 0.325 e. The van der Waals surface area contributed by atoms with Crippen LogP contribution in [0.15, 0.2) is 60.8 Å². The first-order chi connectivity index (χ1) is 17.3. The summed E-state index contributed by atoms with van der Waals surface area (Å²) in [6, 6.07) is 14.9. The normalized spacial score (nSPS) is 14.2. The third kappa shape index (κ3) is 6.27. The molecule has 0 saturated carbocycles. The zero-order valence-electron chi connectivity index (χ0n) is 20.2. The molecule has 1 aliphatic rings. The van der Waals surface area contributed by atoms with Crippen LogP contribution in [0.25, 0.3) is 0 Å². The Kier molecular flexibility index (Phi) is 7.97. The number of likely N-dealkylation sites (tertiary alicyclic amines) is 1. The van der Waals surface area contributed by atoms with Crippen molar-refractivity contribution in [1.82, 2.24) is 9.88 Å². The number of halogens is 1. The highest BCUT2D eigenvalue weighted by molar-refractivity contribution is 6.30. The Hall–Kier alpha value is -3.75. The maximum absolute atomic E-state index is 12.9. The van der Waals surface area contributed by atoms with E-state index < -0.39 is 5.91 Å². The van der Waals surface area contributed by atoms with E-state index in [1.54, 1.807) is 48.5 Å². The Labute approximate surface area is 215 Å². The number of benzene rings is 2. The zero-order chi connectivity index (χ0) is 25.7. The van der Waals surface area contributed by atoms with Gasteiger partial charge < -0.3 is 16.0 Å². The zero-order valence-corrected chi connectivity index (χ0v) is 20.9. The lowest BCUT2D eigenvalue weighted by Crippen LogP contribution is -2.40. The van der Waals surface area contributed by atoms with E-state index in [0.717, 1.165) is 31.5 Å². The highest BCUT2D eigenvalue weighted by Crippen LogP contribution is 2.21. The summed E-state index contributed by atoms with van der Waals surface area (Å²) in [5.41, 5.74) is 2.56. The van der Waals surface area contributed by atoms with Crippen LogP contribution in [-0.2, 0) is 4.79 Å².